The van der Waals surface area contributed by atoms with E-state index in [9.17, 15) is 0 Å². The molecule has 0 saturated heterocycles. The Hall–Kier alpha value is -0.300. The lowest BCUT2D eigenvalue weighted by Crippen LogP contribution is -1.76. The minimum absolute atomic E-state index is 0. The van der Waals surface area contributed by atoms with Crippen molar-refractivity contribution >= 4 is 0 Å². The number of rotatable bonds is 7. The van der Waals surface area contributed by atoms with Crippen molar-refractivity contribution in [3.05, 3.63) is 12.7 Å². The van der Waals surface area contributed by atoms with Crippen molar-refractivity contribution in [2.45, 2.75) is 51.9 Å². The maximum absolute atomic E-state index is 3.69. The minimum atomic E-state index is 0. The van der Waals surface area contributed by atoms with Crippen LogP contribution in [0.4, 0.5) is 0 Å². The van der Waals surface area contributed by atoms with Crippen molar-refractivity contribution in [1.82, 2.24) is 6.15 Å². The first-order valence-corrected chi connectivity index (χ1v) is 4.52. The van der Waals surface area contributed by atoms with Crippen LogP contribution < -0.4 is 6.15 Å². The summed E-state index contributed by atoms with van der Waals surface area (Å²) in [6.45, 7) is 5.95. The maximum Gasteiger partial charge on any atom is -0.0353 e. The Labute approximate surface area is 71.5 Å². The topological polar surface area (TPSA) is 35.0 Å². The number of allylic oxidation sites excluding steroid dienone is 1. The average Bonchev–Trinajstić information content (AvgIpc) is 1.97. The van der Waals surface area contributed by atoms with Gasteiger partial charge in [0.2, 0.25) is 0 Å². The van der Waals surface area contributed by atoms with Crippen LogP contribution in [0.1, 0.15) is 51.9 Å². The molecule has 0 aliphatic heterocycles. The number of hydrogen-bond acceptors (Lipinski definition) is 1. The fourth-order valence-corrected chi connectivity index (χ4v) is 1.07. The second-order valence-corrected chi connectivity index (χ2v) is 2.85. The fraction of sp³-hybridized carbons (Fsp3) is 0.800. The predicted octanol–water partition coefficient (Wildman–Crippen LogP) is 4.09. The smallest absolute Gasteiger partial charge is 0.0353 e. The van der Waals surface area contributed by atoms with E-state index in [2.05, 4.69) is 13.5 Å². The molecule has 0 aromatic carbocycles. The van der Waals surface area contributed by atoms with E-state index in [1.807, 2.05) is 6.08 Å². The zero-order valence-electron chi connectivity index (χ0n) is 7.94. The summed E-state index contributed by atoms with van der Waals surface area (Å²) in [6.07, 6.45) is 11.6. The summed E-state index contributed by atoms with van der Waals surface area (Å²) in [5, 5.41) is 0. The minimum Gasteiger partial charge on any atom is -0.344 e. The molecule has 1 nitrogen and oxygen atoms in total. The van der Waals surface area contributed by atoms with E-state index in [1.54, 1.807) is 0 Å². The van der Waals surface area contributed by atoms with Gasteiger partial charge in [-0.05, 0) is 12.8 Å². The molecular weight excluding hydrogens is 134 g/mol. The average molecular weight is 157 g/mol. The second kappa shape index (κ2) is 12.4. The molecule has 0 unspecified atom stereocenters. The van der Waals surface area contributed by atoms with Gasteiger partial charge < -0.3 is 6.15 Å². The molecule has 0 fully saturated rings. The quantitative estimate of drug-likeness (QED) is 0.438. The first kappa shape index (κ1) is 13.3. The molecule has 0 amide bonds. The summed E-state index contributed by atoms with van der Waals surface area (Å²) in [7, 11) is 0. The largest absolute Gasteiger partial charge is 0.344 e. The highest BCUT2D eigenvalue weighted by atomic mass is 14.0. The molecule has 0 bridgehead atoms. The van der Waals surface area contributed by atoms with Gasteiger partial charge in [0.15, 0.2) is 0 Å². The van der Waals surface area contributed by atoms with Gasteiger partial charge in [0.1, 0.15) is 0 Å². The Morgan fingerprint density at radius 1 is 1.00 bits per heavy atom. The molecule has 0 radical (unpaired) electrons. The highest BCUT2D eigenvalue weighted by Crippen LogP contribution is 2.06. The Balaban J connectivity index is 0. The molecule has 0 rings (SSSR count). The van der Waals surface area contributed by atoms with Crippen LogP contribution >= 0.6 is 0 Å². The van der Waals surface area contributed by atoms with E-state index >= 15 is 0 Å². The predicted molar refractivity (Wildman–Crippen MR) is 53.2 cm³/mol. The van der Waals surface area contributed by atoms with Crippen molar-refractivity contribution < 1.29 is 0 Å². The van der Waals surface area contributed by atoms with E-state index in [1.165, 1.54) is 44.9 Å². The Morgan fingerprint density at radius 2 is 1.55 bits per heavy atom. The third-order valence-electron chi connectivity index (χ3n) is 1.76. The van der Waals surface area contributed by atoms with Crippen molar-refractivity contribution in [2.75, 3.05) is 0 Å². The molecule has 0 spiro atoms. The van der Waals surface area contributed by atoms with Gasteiger partial charge in [-0.1, -0.05) is 45.1 Å². The summed E-state index contributed by atoms with van der Waals surface area (Å²) >= 11 is 0. The van der Waals surface area contributed by atoms with Crippen LogP contribution in [0.2, 0.25) is 0 Å². The summed E-state index contributed by atoms with van der Waals surface area (Å²) in [4.78, 5) is 0. The first-order chi connectivity index (χ1) is 4.91. The maximum atomic E-state index is 3.69. The van der Waals surface area contributed by atoms with Crippen molar-refractivity contribution in [2.24, 2.45) is 0 Å². The highest BCUT2D eigenvalue weighted by Gasteiger charge is 1.86. The zero-order chi connectivity index (χ0) is 7.66. The summed E-state index contributed by atoms with van der Waals surface area (Å²) in [6, 6.07) is 0. The molecule has 3 N–H and O–H groups in total. The van der Waals surface area contributed by atoms with Crippen LogP contribution in [0.3, 0.4) is 0 Å². The highest BCUT2D eigenvalue weighted by molar-refractivity contribution is 4.65. The van der Waals surface area contributed by atoms with Crippen molar-refractivity contribution in [3.63, 3.8) is 0 Å². The SMILES string of the molecule is C=CCCCCCCCC.N. The molecule has 0 aliphatic carbocycles. The van der Waals surface area contributed by atoms with Crippen LogP contribution in [0.25, 0.3) is 0 Å². The summed E-state index contributed by atoms with van der Waals surface area (Å²) in [5.41, 5.74) is 0. The van der Waals surface area contributed by atoms with E-state index in [0.717, 1.165) is 0 Å². The molecule has 0 aliphatic rings. The molecule has 0 aromatic rings. The van der Waals surface area contributed by atoms with E-state index in [4.69, 9.17) is 0 Å². The lowest BCUT2D eigenvalue weighted by atomic mass is 10.1. The van der Waals surface area contributed by atoms with E-state index in [-0.39, 0.29) is 6.15 Å². The van der Waals surface area contributed by atoms with Gasteiger partial charge in [0.25, 0.3) is 0 Å². The normalized spacial score (nSPS) is 8.82. The van der Waals surface area contributed by atoms with Crippen molar-refractivity contribution in [3.8, 4) is 0 Å². The zero-order valence-corrected chi connectivity index (χ0v) is 7.94. The summed E-state index contributed by atoms with van der Waals surface area (Å²) < 4.78 is 0. The van der Waals surface area contributed by atoms with Crippen LogP contribution in [-0.2, 0) is 0 Å². The van der Waals surface area contributed by atoms with Gasteiger partial charge in [0.05, 0.1) is 0 Å². The lowest BCUT2D eigenvalue weighted by Gasteiger charge is -1.96. The van der Waals surface area contributed by atoms with Crippen LogP contribution in [0.15, 0.2) is 12.7 Å². The molecule has 0 saturated carbocycles. The van der Waals surface area contributed by atoms with Gasteiger partial charge in [-0.2, -0.15) is 0 Å². The molecule has 0 atom stereocenters. The van der Waals surface area contributed by atoms with Gasteiger partial charge in [-0.3, -0.25) is 0 Å². The molecular formula is C10H23N. The van der Waals surface area contributed by atoms with Crippen molar-refractivity contribution in [1.29, 1.82) is 0 Å². The number of unbranched alkanes of at least 4 members (excludes halogenated alkanes) is 6. The van der Waals surface area contributed by atoms with Gasteiger partial charge in [-0.25, -0.2) is 0 Å². The second-order valence-electron chi connectivity index (χ2n) is 2.85. The van der Waals surface area contributed by atoms with E-state index < -0.39 is 0 Å². The standard InChI is InChI=1S/C10H20.H3N/c1-3-5-7-9-10-8-6-4-2;/h3H,1,4-10H2,2H3;1H3. The summed E-state index contributed by atoms with van der Waals surface area (Å²) in [5.74, 6) is 0. The van der Waals surface area contributed by atoms with Crippen LogP contribution in [0, 0.1) is 0 Å². The van der Waals surface area contributed by atoms with Crippen LogP contribution in [0.5, 0.6) is 0 Å². The molecule has 11 heavy (non-hydrogen) atoms. The number of hydrogen-bond donors (Lipinski definition) is 1. The van der Waals surface area contributed by atoms with Gasteiger partial charge in [-0.15, -0.1) is 6.58 Å². The van der Waals surface area contributed by atoms with Crippen LogP contribution in [-0.4, -0.2) is 0 Å². The lowest BCUT2D eigenvalue weighted by molar-refractivity contribution is 0.611. The Bertz CT molecular complexity index is 69.3. The third kappa shape index (κ3) is 12.8. The van der Waals surface area contributed by atoms with Gasteiger partial charge >= 0.3 is 0 Å². The molecule has 1 heteroatoms. The molecule has 0 heterocycles. The van der Waals surface area contributed by atoms with Gasteiger partial charge in [0, 0.05) is 0 Å². The fourth-order valence-electron chi connectivity index (χ4n) is 1.07. The molecule has 68 valence electrons. The Kier molecular flexibility index (Phi) is 15.0. The molecule has 0 aromatic heterocycles. The first-order valence-electron chi connectivity index (χ1n) is 4.52. The monoisotopic (exact) mass is 157 g/mol. The van der Waals surface area contributed by atoms with E-state index in [0.29, 0.717) is 0 Å². The third-order valence-corrected chi connectivity index (χ3v) is 1.76. The Morgan fingerprint density at radius 3 is 2.09 bits per heavy atom.